The fourth-order valence-electron chi connectivity index (χ4n) is 1.69. The fraction of sp³-hybridized carbons (Fsp3) is 0.500. The van der Waals surface area contributed by atoms with Gasteiger partial charge in [-0.1, -0.05) is 0 Å². The smallest absolute Gasteiger partial charge is 0.369 e. The van der Waals surface area contributed by atoms with Crippen LogP contribution in [0.3, 0.4) is 0 Å². The molecule has 0 spiro atoms. The molecule has 0 aliphatic rings. The quantitative estimate of drug-likeness (QED) is 0.805. The first-order valence-corrected chi connectivity index (χ1v) is 4.51. The van der Waals surface area contributed by atoms with Gasteiger partial charge in [-0.05, 0) is 6.92 Å². The predicted molar refractivity (Wildman–Crippen MR) is 51.7 cm³/mol. The van der Waals surface area contributed by atoms with Crippen molar-refractivity contribution in [3.05, 3.63) is 5.69 Å². The Labute approximate surface area is 88.7 Å². The number of hydrogen-bond donors (Lipinski definition) is 1. The summed E-state index contributed by atoms with van der Waals surface area (Å²) in [5, 5.41) is 3.99. The Hall–Kier alpha value is -1.73. The van der Waals surface area contributed by atoms with Crippen LogP contribution in [-0.4, -0.2) is 25.5 Å². The van der Waals surface area contributed by atoms with Crippen LogP contribution in [0.2, 0.25) is 0 Å². The summed E-state index contributed by atoms with van der Waals surface area (Å²) in [6.45, 7) is 0.515. The van der Waals surface area contributed by atoms with E-state index in [-0.39, 0.29) is 11.6 Å². The maximum absolute atomic E-state index is 12.3. The lowest BCUT2D eigenvalue weighted by molar-refractivity contribution is -0.139. The van der Waals surface area contributed by atoms with Crippen molar-refractivity contribution < 1.29 is 13.2 Å². The Morgan fingerprint density at radius 1 is 1.38 bits per heavy atom. The van der Waals surface area contributed by atoms with Crippen LogP contribution in [0.25, 0.3) is 11.2 Å². The van der Waals surface area contributed by atoms with E-state index >= 15 is 0 Å². The number of nitrogens with two attached hydrogens (primary N) is 1. The molecular weight excluding hydrogens is 223 g/mol. The molecule has 0 fully saturated rings. The number of hydrogen-bond acceptors (Lipinski definition) is 3. The summed E-state index contributed by atoms with van der Waals surface area (Å²) in [6, 6.07) is 0. The molecule has 2 heterocycles. The zero-order chi connectivity index (χ0) is 12.1. The van der Waals surface area contributed by atoms with Crippen molar-refractivity contribution in [2.45, 2.75) is 19.6 Å². The van der Waals surface area contributed by atoms with E-state index in [0.29, 0.717) is 11.2 Å². The summed E-state index contributed by atoms with van der Waals surface area (Å²) in [4.78, 5) is 3.88. The van der Waals surface area contributed by atoms with Crippen molar-refractivity contribution in [2.75, 3.05) is 5.73 Å². The minimum atomic E-state index is -4.33. The molecular formula is C8H10F3N5. The second-order valence-corrected chi connectivity index (χ2v) is 3.55. The molecule has 0 saturated heterocycles. The van der Waals surface area contributed by atoms with Gasteiger partial charge in [0, 0.05) is 7.05 Å². The van der Waals surface area contributed by atoms with Gasteiger partial charge in [0.1, 0.15) is 12.1 Å². The first-order chi connectivity index (χ1) is 7.29. The Morgan fingerprint density at radius 3 is 2.56 bits per heavy atom. The number of alkyl halides is 3. The standard InChI is InChI=1S/C8H10F3N5/c1-4-5-6(15(2)14-4)16(7(12)13-5)3-8(9,10)11/h3H2,1-2H3,(H2,12,13). The van der Waals surface area contributed by atoms with Crippen LogP contribution in [0.15, 0.2) is 0 Å². The number of halogens is 3. The van der Waals surface area contributed by atoms with E-state index in [1.807, 2.05) is 0 Å². The van der Waals surface area contributed by atoms with Crippen molar-refractivity contribution >= 4 is 17.1 Å². The Kier molecular flexibility index (Phi) is 2.11. The average Bonchev–Trinajstić information content (AvgIpc) is 2.53. The number of anilines is 1. The minimum Gasteiger partial charge on any atom is -0.369 e. The van der Waals surface area contributed by atoms with Gasteiger partial charge >= 0.3 is 6.18 Å². The van der Waals surface area contributed by atoms with Gasteiger partial charge in [0.15, 0.2) is 5.65 Å². The highest BCUT2D eigenvalue weighted by molar-refractivity contribution is 5.77. The number of nitrogens with zero attached hydrogens (tertiary/aromatic N) is 4. The molecule has 2 aromatic rings. The van der Waals surface area contributed by atoms with Gasteiger partial charge in [-0.15, -0.1) is 0 Å². The molecule has 0 bridgehead atoms. The Bertz CT molecular complexity index is 536. The maximum atomic E-state index is 12.3. The average molecular weight is 233 g/mol. The van der Waals surface area contributed by atoms with Crippen molar-refractivity contribution in [3.63, 3.8) is 0 Å². The van der Waals surface area contributed by atoms with E-state index in [1.54, 1.807) is 14.0 Å². The second kappa shape index (κ2) is 3.13. The number of rotatable bonds is 1. The van der Waals surface area contributed by atoms with Crippen LogP contribution in [0.1, 0.15) is 5.69 Å². The molecule has 0 amide bonds. The zero-order valence-corrected chi connectivity index (χ0v) is 8.71. The lowest BCUT2D eigenvalue weighted by Crippen LogP contribution is -2.20. The van der Waals surface area contributed by atoms with Gasteiger partial charge in [-0.3, -0.25) is 9.25 Å². The first-order valence-electron chi connectivity index (χ1n) is 4.51. The van der Waals surface area contributed by atoms with Crippen molar-refractivity contribution in [2.24, 2.45) is 7.05 Å². The number of imidazole rings is 1. The normalized spacial score (nSPS) is 12.6. The van der Waals surface area contributed by atoms with Gasteiger partial charge in [0.05, 0.1) is 5.69 Å². The molecule has 0 radical (unpaired) electrons. The Balaban J connectivity index is 2.64. The number of nitrogen functional groups attached to an aromatic ring is 1. The molecule has 0 saturated carbocycles. The molecule has 0 aromatic carbocycles. The van der Waals surface area contributed by atoms with E-state index in [1.165, 1.54) is 4.68 Å². The van der Waals surface area contributed by atoms with Crippen LogP contribution in [-0.2, 0) is 13.6 Å². The summed E-state index contributed by atoms with van der Waals surface area (Å²) in [7, 11) is 1.56. The van der Waals surface area contributed by atoms with E-state index in [0.717, 1.165) is 4.57 Å². The largest absolute Gasteiger partial charge is 0.406 e. The SMILES string of the molecule is Cc1nn(C)c2c1nc(N)n2CC(F)(F)F. The third-order valence-corrected chi connectivity index (χ3v) is 2.26. The van der Waals surface area contributed by atoms with E-state index in [9.17, 15) is 13.2 Å². The summed E-state index contributed by atoms with van der Waals surface area (Å²) in [6.07, 6.45) is -4.33. The highest BCUT2D eigenvalue weighted by atomic mass is 19.4. The number of fused-ring (bicyclic) bond motifs is 1. The van der Waals surface area contributed by atoms with Gasteiger partial charge in [0.25, 0.3) is 0 Å². The van der Waals surface area contributed by atoms with Crippen LogP contribution >= 0.6 is 0 Å². The first kappa shape index (κ1) is 10.8. The third kappa shape index (κ3) is 1.59. The van der Waals surface area contributed by atoms with Crippen molar-refractivity contribution in [1.82, 2.24) is 19.3 Å². The van der Waals surface area contributed by atoms with Crippen LogP contribution in [0, 0.1) is 6.92 Å². The Morgan fingerprint density at radius 2 is 2.00 bits per heavy atom. The van der Waals surface area contributed by atoms with Gasteiger partial charge in [0.2, 0.25) is 5.95 Å². The second-order valence-electron chi connectivity index (χ2n) is 3.55. The third-order valence-electron chi connectivity index (χ3n) is 2.26. The van der Waals surface area contributed by atoms with Gasteiger partial charge in [-0.2, -0.15) is 18.3 Å². The predicted octanol–water partition coefficient (Wildman–Crippen LogP) is 1.22. The number of aryl methyl sites for hydroxylation is 2. The molecule has 0 aliphatic carbocycles. The van der Waals surface area contributed by atoms with Gasteiger partial charge in [-0.25, -0.2) is 4.98 Å². The molecule has 88 valence electrons. The van der Waals surface area contributed by atoms with E-state index in [2.05, 4.69) is 10.1 Å². The summed E-state index contributed by atoms with van der Waals surface area (Å²) in [5.74, 6) is -0.150. The molecule has 0 aliphatic heterocycles. The topological polar surface area (TPSA) is 61.7 Å². The van der Waals surface area contributed by atoms with E-state index in [4.69, 9.17) is 5.73 Å². The fourth-order valence-corrected chi connectivity index (χ4v) is 1.69. The summed E-state index contributed by atoms with van der Waals surface area (Å²) >= 11 is 0. The number of aromatic nitrogens is 4. The molecule has 0 atom stereocenters. The summed E-state index contributed by atoms with van der Waals surface area (Å²) < 4.78 is 39.3. The zero-order valence-electron chi connectivity index (χ0n) is 8.71. The van der Waals surface area contributed by atoms with Crippen LogP contribution < -0.4 is 5.73 Å². The van der Waals surface area contributed by atoms with Crippen LogP contribution in [0.5, 0.6) is 0 Å². The summed E-state index contributed by atoms with van der Waals surface area (Å²) in [5.41, 5.74) is 6.71. The molecule has 8 heteroatoms. The highest BCUT2D eigenvalue weighted by Gasteiger charge is 2.31. The maximum Gasteiger partial charge on any atom is 0.406 e. The van der Waals surface area contributed by atoms with Crippen molar-refractivity contribution in [3.8, 4) is 0 Å². The lowest BCUT2D eigenvalue weighted by atomic mass is 10.4. The van der Waals surface area contributed by atoms with Gasteiger partial charge < -0.3 is 5.73 Å². The lowest BCUT2D eigenvalue weighted by Gasteiger charge is -2.09. The highest BCUT2D eigenvalue weighted by Crippen LogP contribution is 2.25. The van der Waals surface area contributed by atoms with Crippen LogP contribution in [0.4, 0.5) is 19.1 Å². The molecule has 5 nitrogen and oxygen atoms in total. The molecule has 2 N–H and O–H groups in total. The molecule has 2 rings (SSSR count). The van der Waals surface area contributed by atoms with Crippen molar-refractivity contribution in [1.29, 1.82) is 0 Å². The molecule has 2 aromatic heterocycles. The van der Waals surface area contributed by atoms with E-state index < -0.39 is 12.7 Å². The minimum absolute atomic E-state index is 0.150. The molecule has 16 heavy (non-hydrogen) atoms. The monoisotopic (exact) mass is 233 g/mol. The molecule has 0 unspecified atom stereocenters.